The Hall–Kier alpha value is -0.660. The van der Waals surface area contributed by atoms with Gasteiger partial charge in [-0.05, 0) is 19.4 Å². The number of hydrogen-bond donors (Lipinski definition) is 2. The van der Waals surface area contributed by atoms with E-state index in [1.54, 1.807) is 7.05 Å². The second-order valence-electron chi connectivity index (χ2n) is 5.26. The smallest absolute Gasteiger partial charge is 0.224 e. The highest BCUT2D eigenvalue weighted by Crippen LogP contribution is 2.24. The zero-order valence-electron chi connectivity index (χ0n) is 10.6. The first-order valence-electron chi connectivity index (χ1n) is 6.34. The summed E-state index contributed by atoms with van der Waals surface area (Å²) in [6.45, 7) is 1.45. The van der Waals surface area contributed by atoms with Gasteiger partial charge < -0.3 is 11.1 Å². The molecule has 0 aliphatic carbocycles. The Morgan fingerprint density at radius 1 is 1.39 bits per heavy atom. The molecule has 0 aromatic heterocycles. The van der Waals surface area contributed by atoms with Crippen molar-refractivity contribution in [2.45, 2.75) is 24.9 Å². The fourth-order valence-corrected chi connectivity index (χ4v) is 4.88. The highest BCUT2D eigenvalue weighted by atomic mass is 32.2. The fraction of sp³-hybridized carbons (Fsp3) is 0.909. The first-order valence-corrected chi connectivity index (χ1v) is 8.17. The van der Waals surface area contributed by atoms with E-state index in [4.69, 9.17) is 5.73 Å². The monoisotopic (exact) mass is 275 g/mol. The average Bonchev–Trinajstić information content (AvgIpc) is 2.62. The first kappa shape index (κ1) is 13.8. The van der Waals surface area contributed by atoms with E-state index in [9.17, 15) is 13.2 Å². The summed E-state index contributed by atoms with van der Waals surface area (Å²) in [5, 5.41) is 2.66. The maximum atomic E-state index is 11.6. The first-order chi connectivity index (χ1) is 8.43. The summed E-state index contributed by atoms with van der Waals surface area (Å²) in [5.41, 5.74) is 5.92. The van der Waals surface area contributed by atoms with Crippen LogP contribution in [0, 0.1) is 5.92 Å². The van der Waals surface area contributed by atoms with Crippen LogP contribution in [0.15, 0.2) is 0 Å². The van der Waals surface area contributed by atoms with Crippen molar-refractivity contribution in [1.82, 2.24) is 10.2 Å². The molecular weight excluding hydrogens is 254 g/mol. The molecule has 104 valence electrons. The molecule has 2 saturated heterocycles. The van der Waals surface area contributed by atoms with E-state index in [1.165, 1.54) is 0 Å². The third-order valence-electron chi connectivity index (χ3n) is 3.90. The zero-order chi connectivity index (χ0) is 13.3. The van der Waals surface area contributed by atoms with Crippen molar-refractivity contribution < 1.29 is 13.2 Å². The number of likely N-dealkylation sites (tertiary alicyclic amines) is 1. The topological polar surface area (TPSA) is 92.5 Å². The minimum absolute atomic E-state index is 0.0362. The van der Waals surface area contributed by atoms with Gasteiger partial charge in [-0.1, -0.05) is 0 Å². The van der Waals surface area contributed by atoms with Crippen molar-refractivity contribution in [2.24, 2.45) is 11.7 Å². The van der Waals surface area contributed by atoms with E-state index in [2.05, 4.69) is 10.2 Å². The third-order valence-corrected chi connectivity index (χ3v) is 5.65. The van der Waals surface area contributed by atoms with Crippen molar-refractivity contribution in [3.63, 3.8) is 0 Å². The molecule has 0 radical (unpaired) electrons. The minimum atomic E-state index is -3.00. The van der Waals surface area contributed by atoms with Gasteiger partial charge in [0.05, 0.1) is 17.4 Å². The predicted octanol–water partition coefficient (Wildman–Crippen LogP) is -1.43. The Kier molecular flexibility index (Phi) is 3.93. The molecule has 1 amide bonds. The van der Waals surface area contributed by atoms with Gasteiger partial charge in [0.1, 0.15) is 0 Å². The quantitative estimate of drug-likeness (QED) is 0.644. The van der Waals surface area contributed by atoms with Crippen LogP contribution in [0.25, 0.3) is 0 Å². The van der Waals surface area contributed by atoms with Crippen LogP contribution in [0.1, 0.15) is 12.8 Å². The lowest BCUT2D eigenvalue weighted by Gasteiger charge is -2.37. The van der Waals surface area contributed by atoms with E-state index >= 15 is 0 Å². The maximum absolute atomic E-state index is 11.6. The molecule has 0 saturated carbocycles. The van der Waals surface area contributed by atoms with Gasteiger partial charge in [-0.25, -0.2) is 8.42 Å². The lowest BCUT2D eigenvalue weighted by atomic mass is 9.95. The van der Waals surface area contributed by atoms with Gasteiger partial charge in [-0.15, -0.1) is 0 Å². The fourth-order valence-electron chi connectivity index (χ4n) is 2.96. The van der Waals surface area contributed by atoms with E-state index in [1.807, 2.05) is 0 Å². The number of amides is 1. The number of nitrogens with zero attached hydrogens (tertiary/aromatic N) is 1. The van der Waals surface area contributed by atoms with E-state index < -0.39 is 9.84 Å². The molecule has 3 unspecified atom stereocenters. The Morgan fingerprint density at radius 3 is 2.67 bits per heavy atom. The van der Waals surface area contributed by atoms with Gasteiger partial charge in [0.25, 0.3) is 0 Å². The molecule has 2 heterocycles. The largest absolute Gasteiger partial charge is 0.359 e. The molecule has 2 rings (SSSR count). The number of carbonyl (C=O) groups is 1. The van der Waals surface area contributed by atoms with E-state index in [0.29, 0.717) is 6.54 Å². The van der Waals surface area contributed by atoms with Gasteiger partial charge in [-0.3, -0.25) is 9.69 Å². The summed E-state index contributed by atoms with van der Waals surface area (Å²) in [7, 11) is -1.37. The molecule has 0 spiro atoms. The van der Waals surface area contributed by atoms with E-state index in [0.717, 1.165) is 19.4 Å². The minimum Gasteiger partial charge on any atom is -0.359 e. The molecule has 0 aromatic carbocycles. The number of nitrogens with two attached hydrogens (primary N) is 1. The van der Waals surface area contributed by atoms with Crippen molar-refractivity contribution in [1.29, 1.82) is 0 Å². The van der Waals surface area contributed by atoms with Crippen molar-refractivity contribution in [2.75, 3.05) is 31.6 Å². The van der Waals surface area contributed by atoms with Gasteiger partial charge in [0.2, 0.25) is 5.91 Å². The van der Waals surface area contributed by atoms with Gasteiger partial charge in [-0.2, -0.15) is 0 Å². The van der Waals surface area contributed by atoms with Crippen LogP contribution in [0.4, 0.5) is 0 Å². The van der Waals surface area contributed by atoms with Crippen molar-refractivity contribution >= 4 is 15.7 Å². The van der Waals surface area contributed by atoms with Crippen molar-refractivity contribution in [3.05, 3.63) is 0 Å². The molecule has 6 nitrogen and oxygen atoms in total. The summed E-state index contributed by atoms with van der Waals surface area (Å²) in [5.74, 6) is 0.196. The zero-order valence-corrected chi connectivity index (χ0v) is 11.4. The molecule has 0 bridgehead atoms. The molecule has 0 aromatic rings. The molecule has 7 heteroatoms. The number of carbonyl (C=O) groups excluding carboxylic acids is 1. The standard InChI is InChI=1S/C11H21N3O3S/c1-13-11(15)8-3-2-4-14(5-8)10-7-18(16,17)6-9(10)12/h8-10H,2-7,12H2,1H3,(H,13,15). The van der Waals surface area contributed by atoms with Crippen molar-refractivity contribution in [3.8, 4) is 0 Å². The Bertz CT molecular complexity index is 423. The summed E-state index contributed by atoms with van der Waals surface area (Å²) in [6, 6.07) is -0.444. The summed E-state index contributed by atoms with van der Waals surface area (Å²) < 4.78 is 23.2. The van der Waals surface area contributed by atoms with Crippen LogP contribution >= 0.6 is 0 Å². The number of piperidine rings is 1. The third kappa shape index (κ3) is 2.84. The lowest BCUT2D eigenvalue weighted by molar-refractivity contribution is -0.126. The maximum Gasteiger partial charge on any atom is 0.224 e. The second kappa shape index (κ2) is 5.14. The molecule has 18 heavy (non-hydrogen) atoms. The van der Waals surface area contributed by atoms with Gasteiger partial charge in [0, 0.05) is 25.7 Å². The lowest BCUT2D eigenvalue weighted by Crippen LogP contribution is -2.52. The van der Waals surface area contributed by atoms with Crippen LogP contribution in [0.2, 0.25) is 0 Å². The average molecular weight is 275 g/mol. The molecule has 2 aliphatic heterocycles. The van der Waals surface area contributed by atoms with Crippen LogP contribution in [0.3, 0.4) is 0 Å². The highest BCUT2D eigenvalue weighted by Gasteiger charge is 2.40. The Balaban J connectivity index is 2.03. The number of nitrogens with one attached hydrogen (secondary N) is 1. The van der Waals surface area contributed by atoms with Crippen LogP contribution < -0.4 is 11.1 Å². The highest BCUT2D eigenvalue weighted by molar-refractivity contribution is 7.91. The Morgan fingerprint density at radius 2 is 2.11 bits per heavy atom. The number of hydrogen-bond acceptors (Lipinski definition) is 5. The normalized spacial score (nSPS) is 36.4. The van der Waals surface area contributed by atoms with Crippen LogP contribution in [0.5, 0.6) is 0 Å². The summed E-state index contributed by atoms with van der Waals surface area (Å²) >= 11 is 0. The molecular formula is C11H21N3O3S. The summed E-state index contributed by atoms with van der Waals surface area (Å²) in [4.78, 5) is 13.7. The van der Waals surface area contributed by atoms with Crippen LogP contribution in [-0.4, -0.2) is 63.0 Å². The molecule has 3 atom stereocenters. The SMILES string of the molecule is CNC(=O)C1CCCN(C2CS(=O)(=O)CC2N)C1. The summed E-state index contributed by atoms with van der Waals surface area (Å²) in [6.07, 6.45) is 1.78. The second-order valence-corrected chi connectivity index (χ2v) is 7.41. The van der Waals surface area contributed by atoms with E-state index in [-0.39, 0.29) is 35.4 Å². The predicted molar refractivity (Wildman–Crippen MR) is 68.8 cm³/mol. The number of rotatable bonds is 2. The molecule has 3 N–H and O–H groups in total. The molecule has 2 aliphatic rings. The Labute approximate surface area is 108 Å². The van der Waals surface area contributed by atoms with Crippen LogP contribution in [-0.2, 0) is 14.6 Å². The number of sulfone groups is 1. The van der Waals surface area contributed by atoms with Gasteiger partial charge >= 0.3 is 0 Å². The van der Waals surface area contributed by atoms with Gasteiger partial charge in [0.15, 0.2) is 9.84 Å². The molecule has 2 fully saturated rings.